The molecule has 0 aliphatic rings. The van der Waals surface area contributed by atoms with Gasteiger partial charge >= 0.3 is 29.8 Å². The Morgan fingerprint density at radius 1 is 0.844 bits per heavy atom. The average molecular weight is 647 g/mol. The van der Waals surface area contributed by atoms with Crippen molar-refractivity contribution in [1.29, 1.82) is 0 Å². The lowest BCUT2D eigenvalue weighted by Crippen LogP contribution is -2.32. The van der Waals surface area contributed by atoms with Gasteiger partial charge in [0.25, 0.3) is 0 Å². The first-order valence-electron chi connectivity index (χ1n) is 13.9. The van der Waals surface area contributed by atoms with Crippen molar-refractivity contribution in [3.8, 4) is 0 Å². The van der Waals surface area contributed by atoms with E-state index in [1.54, 1.807) is 0 Å². The van der Waals surface area contributed by atoms with Gasteiger partial charge in [0.05, 0.1) is 40.1 Å². The summed E-state index contributed by atoms with van der Waals surface area (Å²) in [5.41, 5.74) is -0.354. The Bertz CT molecular complexity index is 944. The van der Waals surface area contributed by atoms with Crippen molar-refractivity contribution in [2.45, 2.75) is 65.7 Å². The highest BCUT2D eigenvalue weighted by atomic mass is 16.5. The fourth-order valence-corrected chi connectivity index (χ4v) is 2.22. The molecule has 0 unspecified atom stereocenters. The summed E-state index contributed by atoms with van der Waals surface area (Å²) in [6.07, 6.45) is 6.65. The van der Waals surface area contributed by atoms with Crippen molar-refractivity contribution in [2.24, 2.45) is 5.41 Å². The lowest BCUT2D eigenvalue weighted by molar-refractivity contribution is -0.146. The number of carbonyl (C=O) groups excluding carboxylic acids is 4. The smallest absolute Gasteiger partial charge is 0.333 e. The van der Waals surface area contributed by atoms with Crippen LogP contribution in [0.2, 0.25) is 0 Å². The third kappa shape index (κ3) is 32.6. The van der Waals surface area contributed by atoms with Gasteiger partial charge in [0.15, 0.2) is 0 Å². The van der Waals surface area contributed by atoms with Crippen LogP contribution in [0, 0.1) is 5.41 Å². The zero-order valence-corrected chi connectivity index (χ0v) is 26.7. The molecule has 0 rings (SSSR count). The number of methoxy groups -OCH3 is 1. The largest absolute Gasteiger partial charge is 0.478 e. The first-order chi connectivity index (χ1) is 21.1. The SMILES string of the molecule is C=C(CC=CC(=O)O)C(=O)OC.C=C(CCCOC(=O)CC(C)=O)C(=O)O.C=CC(=O)OCCCC.CCC(CO)(CO)CO. The van der Waals surface area contributed by atoms with E-state index in [2.05, 4.69) is 33.9 Å². The van der Waals surface area contributed by atoms with Gasteiger partial charge < -0.3 is 39.7 Å². The van der Waals surface area contributed by atoms with Crippen LogP contribution in [-0.2, 0) is 43.0 Å². The highest BCUT2D eigenvalue weighted by Gasteiger charge is 2.24. The molecule has 258 valence electrons. The summed E-state index contributed by atoms with van der Waals surface area (Å²) in [4.78, 5) is 62.7. The van der Waals surface area contributed by atoms with E-state index in [1.165, 1.54) is 26.2 Å². The summed E-state index contributed by atoms with van der Waals surface area (Å²) < 4.78 is 13.7. The van der Waals surface area contributed by atoms with Crippen LogP contribution >= 0.6 is 0 Å². The van der Waals surface area contributed by atoms with Gasteiger partial charge in [-0.15, -0.1) is 0 Å². The van der Waals surface area contributed by atoms with Crippen molar-refractivity contribution in [3.63, 3.8) is 0 Å². The third-order valence-corrected chi connectivity index (χ3v) is 5.35. The standard InChI is InChI=1S/C10H14O5.C8H10O4.C7H12O2.C6H14O3/c1-7(10(13)14)4-3-5-15-9(12)6-8(2)11;1-6(8(11)12-2)4-3-5-7(9)10;1-3-5-6-9-7(8)4-2;1-2-6(3-7,4-8)5-9/h1,3-6H2,2H3,(H,13,14);3,5H,1,4H2,2H3,(H,9,10);4H,2-3,5-6H2,1H3;7-9H,2-5H2,1H3. The van der Waals surface area contributed by atoms with Gasteiger partial charge in [-0.1, -0.05) is 46.1 Å². The molecular weight excluding hydrogens is 596 g/mol. The molecule has 0 aromatic carbocycles. The minimum atomic E-state index is -1.05. The van der Waals surface area contributed by atoms with Gasteiger partial charge in [-0.25, -0.2) is 19.2 Å². The lowest BCUT2D eigenvalue weighted by atomic mass is 9.88. The predicted octanol–water partition coefficient (Wildman–Crippen LogP) is 2.55. The maximum absolute atomic E-state index is 10.9. The molecule has 0 atom stereocenters. The number of unbranched alkanes of at least 4 members (excludes halogenated alkanes) is 1. The first kappa shape index (κ1) is 47.8. The second-order valence-electron chi connectivity index (χ2n) is 9.20. The van der Waals surface area contributed by atoms with E-state index in [1.807, 2.05) is 13.8 Å². The number of hydrogen-bond donors (Lipinski definition) is 5. The number of ether oxygens (including phenoxy) is 3. The second-order valence-corrected chi connectivity index (χ2v) is 9.20. The van der Waals surface area contributed by atoms with E-state index in [9.17, 15) is 28.8 Å². The molecule has 0 radical (unpaired) electrons. The first-order valence-corrected chi connectivity index (χ1v) is 13.9. The van der Waals surface area contributed by atoms with Gasteiger partial charge in [-0.2, -0.15) is 0 Å². The maximum Gasteiger partial charge on any atom is 0.333 e. The fourth-order valence-electron chi connectivity index (χ4n) is 2.22. The molecular formula is C31H50O14. The van der Waals surface area contributed by atoms with Gasteiger partial charge in [-0.05, 0) is 39.0 Å². The van der Waals surface area contributed by atoms with E-state index >= 15 is 0 Å². The molecule has 0 spiro atoms. The number of carboxylic acids is 2. The van der Waals surface area contributed by atoms with Crippen LogP contribution in [0.15, 0.2) is 49.1 Å². The number of aliphatic hydroxyl groups excluding tert-OH is 3. The van der Waals surface area contributed by atoms with Gasteiger partial charge in [0, 0.05) is 28.7 Å². The van der Waals surface area contributed by atoms with E-state index in [0.29, 0.717) is 19.4 Å². The van der Waals surface area contributed by atoms with Crippen LogP contribution in [0.5, 0.6) is 0 Å². The van der Waals surface area contributed by atoms with Crippen LogP contribution in [0.25, 0.3) is 0 Å². The molecule has 0 aromatic heterocycles. The Kier molecular flexibility index (Phi) is 33.2. The predicted molar refractivity (Wildman–Crippen MR) is 165 cm³/mol. The van der Waals surface area contributed by atoms with Crippen molar-refractivity contribution >= 4 is 35.6 Å². The molecule has 0 aromatic rings. The Labute approximate surface area is 264 Å². The molecule has 0 heterocycles. The van der Waals surface area contributed by atoms with Crippen LogP contribution in [0.1, 0.15) is 65.7 Å². The number of rotatable bonds is 19. The van der Waals surface area contributed by atoms with Crippen LogP contribution in [0.3, 0.4) is 0 Å². The van der Waals surface area contributed by atoms with E-state index in [-0.39, 0.29) is 68.6 Å². The van der Waals surface area contributed by atoms with Gasteiger partial charge in [0.2, 0.25) is 0 Å². The lowest BCUT2D eigenvalue weighted by Gasteiger charge is -2.24. The molecule has 14 heteroatoms. The number of hydrogen-bond acceptors (Lipinski definition) is 12. The number of ketones is 1. The second kappa shape index (κ2) is 31.3. The average Bonchev–Trinajstić information content (AvgIpc) is 3.00. The molecule has 0 amide bonds. The number of aliphatic hydroxyl groups is 3. The van der Waals surface area contributed by atoms with Crippen LogP contribution in [0.4, 0.5) is 0 Å². The summed E-state index contributed by atoms with van der Waals surface area (Å²) in [6.45, 7) is 15.3. The Morgan fingerprint density at radius 2 is 1.38 bits per heavy atom. The summed E-state index contributed by atoms with van der Waals surface area (Å²) in [5, 5.41) is 42.6. The summed E-state index contributed by atoms with van der Waals surface area (Å²) >= 11 is 0. The molecule has 5 N–H and O–H groups in total. The topological polar surface area (TPSA) is 231 Å². The Balaban J connectivity index is -0.000000255. The monoisotopic (exact) mass is 646 g/mol. The summed E-state index contributed by atoms with van der Waals surface area (Å²) in [7, 11) is 1.24. The highest BCUT2D eigenvalue weighted by Crippen LogP contribution is 2.18. The normalized spacial score (nSPS) is 9.84. The number of carbonyl (C=O) groups is 6. The van der Waals surface area contributed by atoms with Crippen LogP contribution < -0.4 is 0 Å². The number of allylic oxidation sites excluding steroid dienone is 1. The minimum absolute atomic E-state index is 0.0811. The number of esters is 3. The minimum Gasteiger partial charge on any atom is -0.478 e. The van der Waals surface area contributed by atoms with Crippen LogP contribution in [-0.4, -0.2) is 101 Å². The summed E-state index contributed by atoms with van der Waals surface area (Å²) in [5.74, 6) is -3.79. The molecule has 0 bridgehead atoms. The number of Topliss-reactive ketones (excluding diaryl/α,β-unsaturated/α-hetero) is 1. The molecule has 0 aliphatic heterocycles. The molecule has 0 saturated heterocycles. The van der Waals surface area contributed by atoms with E-state index in [0.717, 1.165) is 18.9 Å². The molecule has 14 nitrogen and oxygen atoms in total. The highest BCUT2D eigenvalue weighted by molar-refractivity contribution is 5.94. The molecule has 45 heavy (non-hydrogen) atoms. The van der Waals surface area contributed by atoms with Crippen molar-refractivity contribution in [1.82, 2.24) is 0 Å². The molecule has 0 aliphatic carbocycles. The van der Waals surface area contributed by atoms with Gasteiger partial charge in [-0.3, -0.25) is 9.59 Å². The quantitative estimate of drug-likeness (QED) is 0.0446. The van der Waals surface area contributed by atoms with E-state index < -0.39 is 29.3 Å². The van der Waals surface area contributed by atoms with Crippen molar-refractivity contribution in [2.75, 3.05) is 40.1 Å². The van der Waals surface area contributed by atoms with Crippen molar-refractivity contribution in [3.05, 3.63) is 49.1 Å². The van der Waals surface area contributed by atoms with Gasteiger partial charge in [0.1, 0.15) is 12.2 Å². The molecule has 0 fully saturated rings. The summed E-state index contributed by atoms with van der Waals surface area (Å²) in [6, 6.07) is 0. The Morgan fingerprint density at radius 3 is 1.73 bits per heavy atom. The maximum atomic E-state index is 10.9. The Hall–Kier alpha value is -4.14. The zero-order valence-electron chi connectivity index (χ0n) is 26.7. The molecule has 0 saturated carbocycles. The van der Waals surface area contributed by atoms with Crippen molar-refractivity contribution < 1.29 is 68.5 Å². The number of aliphatic carboxylic acids is 2. The van der Waals surface area contributed by atoms with E-state index in [4.69, 9.17) is 25.5 Å². The third-order valence-electron chi connectivity index (χ3n) is 5.35. The fraction of sp³-hybridized carbons (Fsp3) is 0.548. The number of carboxylic acid groups (broad SMARTS) is 2. The zero-order chi connectivity index (χ0) is 35.8.